The third-order valence-corrected chi connectivity index (χ3v) is 5.57. The number of hydrogen-bond acceptors (Lipinski definition) is 7. The predicted molar refractivity (Wildman–Crippen MR) is 122 cm³/mol. The molecule has 180 valence electrons. The number of carbonyl (C=O) groups excluding carboxylic acids is 4. The first-order chi connectivity index (χ1) is 16.3. The molecule has 9 nitrogen and oxygen atoms in total. The second-order valence-electron chi connectivity index (χ2n) is 8.01. The van der Waals surface area contributed by atoms with Crippen LogP contribution < -0.4 is 10.1 Å². The Morgan fingerprint density at radius 3 is 2.15 bits per heavy atom. The summed E-state index contributed by atoms with van der Waals surface area (Å²) < 4.78 is 15.5. The molecule has 1 N–H and O–H groups in total. The maximum Gasteiger partial charge on any atom is 0.408 e. The predicted octanol–water partition coefficient (Wildman–Crippen LogP) is 3.32. The fourth-order valence-electron chi connectivity index (χ4n) is 3.67. The summed E-state index contributed by atoms with van der Waals surface area (Å²) in [5.74, 6) is -0.685. The summed E-state index contributed by atoms with van der Waals surface area (Å²) >= 11 is 0. The Bertz CT molecular complexity index is 1030. The molecule has 9 heteroatoms. The van der Waals surface area contributed by atoms with Gasteiger partial charge in [0.15, 0.2) is 0 Å². The first-order valence-corrected chi connectivity index (χ1v) is 11.0. The van der Waals surface area contributed by atoms with Crippen LogP contribution in [0.2, 0.25) is 0 Å². The first-order valence-electron chi connectivity index (χ1n) is 11.0. The topological polar surface area (TPSA) is 111 Å². The average molecular weight is 469 g/mol. The van der Waals surface area contributed by atoms with Crippen molar-refractivity contribution in [2.24, 2.45) is 0 Å². The van der Waals surface area contributed by atoms with E-state index < -0.39 is 17.6 Å². The standard InChI is InChI=1S/C25H28N2O7/c1-4-33-23(30)25(2,26-24(31)34-16-17-10-12-18(32-3)13-11-17)14-7-15-27-21(28)19-8-5-6-9-20(19)22(27)29/h5-6,8-13H,4,7,14-16H2,1-3H3,(H,26,31)/t25-/m0/s1. The van der Waals surface area contributed by atoms with Crippen LogP contribution in [0.3, 0.4) is 0 Å². The lowest BCUT2D eigenvalue weighted by molar-refractivity contribution is -0.150. The van der Waals surface area contributed by atoms with Gasteiger partial charge in [-0.3, -0.25) is 14.5 Å². The molecule has 2 aromatic rings. The molecule has 0 unspecified atom stereocenters. The van der Waals surface area contributed by atoms with E-state index in [1.807, 2.05) is 0 Å². The third kappa shape index (κ3) is 5.54. The highest BCUT2D eigenvalue weighted by Gasteiger charge is 2.39. The number of ether oxygens (including phenoxy) is 3. The molecule has 0 bridgehead atoms. The van der Waals surface area contributed by atoms with Crippen molar-refractivity contribution in [3.63, 3.8) is 0 Å². The normalized spacial score (nSPS) is 14.3. The highest BCUT2D eigenvalue weighted by Crippen LogP contribution is 2.24. The summed E-state index contributed by atoms with van der Waals surface area (Å²) in [4.78, 5) is 51.3. The zero-order valence-electron chi connectivity index (χ0n) is 19.5. The van der Waals surface area contributed by atoms with Crippen LogP contribution in [-0.4, -0.2) is 54.6 Å². The lowest BCUT2D eigenvalue weighted by Crippen LogP contribution is -2.53. The zero-order chi connectivity index (χ0) is 24.7. The number of rotatable bonds is 10. The van der Waals surface area contributed by atoms with E-state index in [0.717, 1.165) is 10.5 Å². The summed E-state index contributed by atoms with van der Waals surface area (Å²) in [7, 11) is 1.56. The number of imide groups is 1. The van der Waals surface area contributed by atoms with Gasteiger partial charge in [-0.15, -0.1) is 0 Å². The molecule has 0 fully saturated rings. The van der Waals surface area contributed by atoms with E-state index in [0.29, 0.717) is 16.9 Å². The van der Waals surface area contributed by atoms with Gasteiger partial charge < -0.3 is 19.5 Å². The van der Waals surface area contributed by atoms with Gasteiger partial charge in [0.1, 0.15) is 17.9 Å². The van der Waals surface area contributed by atoms with Crippen molar-refractivity contribution >= 4 is 23.9 Å². The summed E-state index contributed by atoms with van der Waals surface area (Å²) in [6.45, 7) is 3.43. The van der Waals surface area contributed by atoms with Crippen molar-refractivity contribution in [2.45, 2.75) is 38.8 Å². The molecule has 3 rings (SSSR count). The average Bonchev–Trinajstić information content (AvgIpc) is 3.08. The molecule has 0 saturated heterocycles. The van der Waals surface area contributed by atoms with E-state index in [1.54, 1.807) is 62.6 Å². The highest BCUT2D eigenvalue weighted by atomic mass is 16.6. The Hall–Kier alpha value is -3.88. The number of alkyl carbamates (subject to hydrolysis) is 1. The minimum atomic E-state index is -1.40. The van der Waals surface area contributed by atoms with Crippen LogP contribution in [0.5, 0.6) is 5.75 Å². The number of benzene rings is 2. The van der Waals surface area contributed by atoms with E-state index in [-0.39, 0.29) is 44.4 Å². The second-order valence-corrected chi connectivity index (χ2v) is 8.01. The number of nitrogens with one attached hydrogen (secondary N) is 1. The SMILES string of the molecule is CCOC(=O)[C@](C)(CCCN1C(=O)c2ccccc2C1=O)NC(=O)OCc1ccc(OC)cc1. The van der Waals surface area contributed by atoms with Crippen molar-refractivity contribution in [1.29, 1.82) is 0 Å². The third-order valence-electron chi connectivity index (χ3n) is 5.57. The summed E-state index contributed by atoms with van der Waals surface area (Å²) in [5, 5.41) is 2.59. The minimum absolute atomic E-state index is 0.00374. The zero-order valence-corrected chi connectivity index (χ0v) is 19.5. The lowest BCUT2D eigenvalue weighted by atomic mass is 9.95. The van der Waals surface area contributed by atoms with Crippen LogP contribution in [0.1, 0.15) is 53.0 Å². The molecular weight excluding hydrogens is 440 g/mol. The second kappa shape index (κ2) is 10.8. The van der Waals surface area contributed by atoms with E-state index >= 15 is 0 Å². The van der Waals surface area contributed by atoms with Gasteiger partial charge >= 0.3 is 12.1 Å². The molecule has 1 aliphatic rings. The van der Waals surface area contributed by atoms with Gasteiger partial charge in [0, 0.05) is 6.54 Å². The molecule has 0 aromatic heterocycles. The van der Waals surface area contributed by atoms with Crippen LogP contribution in [0, 0.1) is 0 Å². The van der Waals surface area contributed by atoms with Gasteiger partial charge in [-0.25, -0.2) is 9.59 Å². The smallest absolute Gasteiger partial charge is 0.408 e. The van der Waals surface area contributed by atoms with Crippen LogP contribution in [0.25, 0.3) is 0 Å². The molecule has 0 aliphatic carbocycles. The Morgan fingerprint density at radius 1 is 0.971 bits per heavy atom. The van der Waals surface area contributed by atoms with Crippen molar-refractivity contribution in [2.75, 3.05) is 20.3 Å². The van der Waals surface area contributed by atoms with Gasteiger partial charge in [-0.1, -0.05) is 24.3 Å². The quantitative estimate of drug-likeness (QED) is 0.421. The molecule has 0 saturated carbocycles. The molecule has 3 amide bonds. The summed E-state index contributed by atoms with van der Waals surface area (Å²) in [6.07, 6.45) is -0.372. The molecule has 0 radical (unpaired) electrons. The van der Waals surface area contributed by atoms with Crippen molar-refractivity contribution in [3.05, 3.63) is 65.2 Å². The Morgan fingerprint density at radius 2 is 1.59 bits per heavy atom. The molecule has 0 spiro atoms. The van der Waals surface area contributed by atoms with Crippen LogP contribution in [-0.2, 0) is 20.9 Å². The summed E-state index contributed by atoms with van der Waals surface area (Å²) in [5.41, 5.74) is 0.0762. The van der Waals surface area contributed by atoms with Gasteiger partial charge in [0.25, 0.3) is 11.8 Å². The Kier molecular flexibility index (Phi) is 7.88. The Labute approximate surface area is 198 Å². The molecule has 1 atom stereocenters. The molecule has 34 heavy (non-hydrogen) atoms. The number of carbonyl (C=O) groups is 4. The fraction of sp³-hybridized carbons (Fsp3) is 0.360. The van der Waals surface area contributed by atoms with Crippen LogP contribution >= 0.6 is 0 Å². The maximum atomic E-state index is 12.6. The van der Waals surface area contributed by atoms with E-state index in [9.17, 15) is 19.2 Å². The molecule has 1 heterocycles. The first kappa shape index (κ1) is 24.8. The van der Waals surface area contributed by atoms with Crippen molar-refractivity contribution in [3.8, 4) is 5.75 Å². The van der Waals surface area contributed by atoms with Crippen molar-refractivity contribution in [1.82, 2.24) is 10.2 Å². The number of amides is 3. The van der Waals surface area contributed by atoms with Gasteiger partial charge in [0.05, 0.1) is 24.8 Å². The summed E-state index contributed by atoms with van der Waals surface area (Å²) in [6, 6.07) is 13.6. The fourth-order valence-corrected chi connectivity index (χ4v) is 3.67. The lowest BCUT2D eigenvalue weighted by Gasteiger charge is -2.28. The molecular formula is C25H28N2O7. The maximum absolute atomic E-state index is 12.6. The molecule has 2 aromatic carbocycles. The Balaban J connectivity index is 1.59. The van der Waals surface area contributed by atoms with Crippen LogP contribution in [0.4, 0.5) is 4.79 Å². The van der Waals surface area contributed by atoms with Gasteiger partial charge in [-0.05, 0) is 56.5 Å². The number of fused-ring (bicyclic) bond motifs is 1. The minimum Gasteiger partial charge on any atom is -0.497 e. The largest absolute Gasteiger partial charge is 0.497 e. The van der Waals surface area contributed by atoms with E-state index in [2.05, 4.69) is 5.32 Å². The number of methoxy groups -OCH3 is 1. The van der Waals surface area contributed by atoms with Gasteiger partial charge in [-0.2, -0.15) is 0 Å². The number of hydrogen-bond donors (Lipinski definition) is 1. The van der Waals surface area contributed by atoms with Crippen LogP contribution in [0.15, 0.2) is 48.5 Å². The number of esters is 1. The number of nitrogens with zero attached hydrogens (tertiary/aromatic N) is 1. The van der Waals surface area contributed by atoms with Crippen molar-refractivity contribution < 1.29 is 33.4 Å². The van der Waals surface area contributed by atoms with Gasteiger partial charge in [0.2, 0.25) is 0 Å². The van der Waals surface area contributed by atoms with E-state index in [1.165, 1.54) is 6.92 Å². The highest BCUT2D eigenvalue weighted by molar-refractivity contribution is 6.21. The monoisotopic (exact) mass is 468 g/mol. The molecule has 1 aliphatic heterocycles. The van der Waals surface area contributed by atoms with E-state index in [4.69, 9.17) is 14.2 Å².